The highest BCUT2D eigenvalue weighted by Gasteiger charge is 2.19. The van der Waals surface area contributed by atoms with Gasteiger partial charge in [0.25, 0.3) is 0 Å². The van der Waals surface area contributed by atoms with E-state index in [0.29, 0.717) is 21.5 Å². The fourth-order valence-electron chi connectivity index (χ4n) is 7.44. The van der Waals surface area contributed by atoms with Crippen LogP contribution < -0.4 is 0 Å². The third kappa shape index (κ3) is 4.71. The van der Waals surface area contributed by atoms with Gasteiger partial charge in [0.15, 0.2) is 0 Å². The first kappa shape index (κ1) is 14.4. The summed E-state index contributed by atoms with van der Waals surface area (Å²) < 4.78 is 233. The summed E-state index contributed by atoms with van der Waals surface area (Å²) in [6.07, 6.45) is 0. The van der Waals surface area contributed by atoms with Crippen molar-refractivity contribution >= 4 is 64.6 Å². The van der Waals surface area contributed by atoms with Crippen LogP contribution in [0.5, 0.6) is 0 Å². The molecular formula is C54H34. The van der Waals surface area contributed by atoms with Gasteiger partial charge in [0.05, 0.1) is 35.6 Å². The van der Waals surface area contributed by atoms with Crippen molar-refractivity contribution in [1.29, 1.82) is 0 Å². The van der Waals surface area contributed by atoms with Gasteiger partial charge in [-0.15, -0.1) is 0 Å². The number of benzene rings is 11. The van der Waals surface area contributed by atoms with Crippen molar-refractivity contribution in [2.24, 2.45) is 0 Å². The Balaban J connectivity index is 1.33. The highest BCUT2D eigenvalue weighted by atomic mass is 14.2. The van der Waals surface area contributed by atoms with Crippen LogP contribution in [0.15, 0.2) is 206 Å². The molecular weight excluding hydrogens is 649 g/mol. The van der Waals surface area contributed by atoms with Crippen LogP contribution in [0.1, 0.15) is 35.6 Å². The zero-order chi connectivity index (χ0) is 58.2. The lowest BCUT2D eigenvalue weighted by Crippen LogP contribution is -1.91. The highest BCUT2D eigenvalue weighted by molar-refractivity contribution is 6.24. The number of fused-ring (bicyclic) bond motifs is 7. The fraction of sp³-hybridized carbons (Fsp3) is 0. The van der Waals surface area contributed by atoms with E-state index in [1.165, 1.54) is 0 Å². The van der Waals surface area contributed by atoms with Crippen LogP contribution in [0, 0.1) is 0 Å². The smallest absolute Gasteiger partial charge is 0.0622 e. The van der Waals surface area contributed by atoms with E-state index >= 15 is 0 Å². The summed E-state index contributed by atoms with van der Waals surface area (Å²) in [6, 6.07) is -7.12. The summed E-state index contributed by atoms with van der Waals surface area (Å²) in [6.45, 7) is 0. The van der Waals surface area contributed by atoms with E-state index in [2.05, 4.69) is 0 Å². The van der Waals surface area contributed by atoms with Crippen LogP contribution in [0.2, 0.25) is 0 Å². The fourth-order valence-corrected chi connectivity index (χ4v) is 7.44. The van der Waals surface area contributed by atoms with E-state index in [1.807, 2.05) is 0 Å². The van der Waals surface area contributed by atoms with Gasteiger partial charge in [-0.3, -0.25) is 0 Å². The quantitative estimate of drug-likeness (QED) is 0.126. The van der Waals surface area contributed by atoms with E-state index < -0.39 is 201 Å². The molecule has 0 bridgehead atoms. The minimum absolute atomic E-state index is 0.107. The second-order valence-electron chi connectivity index (χ2n) is 12.4. The lowest BCUT2D eigenvalue weighted by Gasteiger charge is -2.19. The van der Waals surface area contributed by atoms with Gasteiger partial charge < -0.3 is 0 Å². The molecule has 0 heterocycles. The molecule has 11 aromatic carbocycles. The van der Waals surface area contributed by atoms with E-state index in [4.69, 9.17) is 24.7 Å². The van der Waals surface area contributed by atoms with E-state index in [-0.39, 0.29) is 43.8 Å². The zero-order valence-electron chi connectivity index (χ0n) is 53.6. The predicted octanol–water partition coefficient (Wildman–Crippen LogP) is 15.3. The Morgan fingerprint density at radius 2 is 0.463 bits per heavy atom. The summed E-state index contributed by atoms with van der Waals surface area (Å²) in [7, 11) is 0. The van der Waals surface area contributed by atoms with Crippen molar-refractivity contribution in [3.63, 3.8) is 0 Å². The molecule has 0 saturated heterocycles. The molecule has 0 radical (unpaired) electrons. The molecule has 0 aliphatic heterocycles. The van der Waals surface area contributed by atoms with E-state index in [1.54, 1.807) is 48.5 Å². The Hall–Kier alpha value is -7.02. The molecule has 0 aliphatic carbocycles. The van der Waals surface area contributed by atoms with Gasteiger partial charge in [-0.1, -0.05) is 194 Å². The minimum atomic E-state index is -0.819. The molecule has 54 heavy (non-hydrogen) atoms. The molecule has 11 rings (SSSR count). The lowest BCUT2D eigenvalue weighted by atomic mass is 9.84. The van der Waals surface area contributed by atoms with Crippen LogP contribution in [0.25, 0.3) is 109 Å². The molecule has 0 atom stereocenters. The third-order valence-corrected chi connectivity index (χ3v) is 9.67. The Bertz CT molecular complexity index is 4260. The Morgan fingerprint density at radius 1 is 0.222 bits per heavy atom. The predicted molar refractivity (Wildman–Crippen MR) is 233 cm³/mol. The van der Waals surface area contributed by atoms with Gasteiger partial charge in [-0.25, -0.2) is 0 Å². The topological polar surface area (TPSA) is 0 Å². The van der Waals surface area contributed by atoms with Crippen molar-refractivity contribution in [3.8, 4) is 44.5 Å². The Kier molecular flexibility index (Phi) is 3.28. The Morgan fingerprint density at radius 3 is 0.759 bits per heavy atom. The summed E-state index contributed by atoms with van der Waals surface area (Å²) in [4.78, 5) is 0. The van der Waals surface area contributed by atoms with Gasteiger partial charge >= 0.3 is 0 Å². The summed E-state index contributed by atoms with van der Waals surface area (Å²) >= 11 is 0. The van der Waals surface area contributed by atoms with E-state index in [9.17, 15) is 11.0 Å². The van der Waals surface area contributed by atoms with Crippen LogP contribution in [0.4, 0.5) is 0 Å². The molecule has 0 unspecified atom stereocenters. The van der Waals surface area contributed by atoms with Gasteiger partial charge in [0.1, 0.15) is 0 Å². The number of rotatable bonds is 4. The van der Waals surface area contributed by atoms with Crippen LogP contribution in [-0.4, -0.2) is 0 Å². The maximum atomic E-state index is 9.45. The average Bonchev–Trinajstić information content (AvgIpc) is 3.61. The first-order valence-corrected chi connectivity index (χ1v) is 16.6. The van der Waals surface area contributed by atoms with Crippen molar-refractivity contribution in [2.45, 2.75) is 0 Å². The number of hydrogen-bond donors (Lipinski definition) is 0. The first-order chi connectivity index (χ1) is 37.6. The van der Waals surface area contributed by atoms with E-state index in [0.717, 1.165) is 0 Å². The molecule has 0 spiro atoms. The molecule has 0 fully saturated rings. The molecule has 11 aromatic rings. The maximum Gasteiger partial charge on any atom is 0.0629 e. The first-order valence-electron chi connectivity index (χ1n) is 29.6. The molecule has 0 amide bonds. The highest BCUT2D eigenvalue weighted by Crippen LogP contribution is 2.46. The maximum absolute atomic E-state index is 9.45. The summed E-state index contributed by atoms with van der Waals surface area (Å²) in [5, 5.41) is -1.18. The second kappa shape index (κ2) is 12.3. The second-order valence-corrected chi connectivity index (χ2v) is 12.4. The molecule has 0 aliphatic rings. The average molecular weight is 709 g/mol. The minimum Gasteiger partial charge on any atom is -0.0622 e. The molecule has 250 valence electrons. The largest absolute Gasteiger partial charge is 0.0629 e. The van der Waals surface area contributed by atoms with Gasteiger partial charge in [0, 0.05) is 0 Å². The van der Waals surface area contributed by atoms with Gasteiger partial charge in [0.2, 0.25) is 0 Å². The summed E-state index contributed by atoms with van der Waals surface area (Å²) in [5.74, 6) is 0. The summed E-state index contributed by atoms with van der Waals surface area (Å²) in [5.41, 5.74) is -2.16. The standard InChI is InChI=1S/C54H34/c1-3-15-37(16-4-1)51-41-19-7-11-23-45(41)53(46-24-12-8-20-42(46)51)39-31-29-35-27-28-36-30-32-40(34-50(36)49(35)33-39)54-47-25-13-9-21-43(47)52(38-17-5-2-6-18-38)44-22-10-14-26-48(44)54/h1-34H/i1D,2D,3D,4D,5D,6D,7D,8D,9D,10D,11D,12D,13D,14D,15D,16D,17D,18D,19D,20D,21D,22D,23D,24D,25D,26D. The third-order valence-electron chi connectivity index (χ3n) is 9.67. The molecule has 0 saturated carbocycles. The van der Waals surface area contributed by atoms with Crippen LogP contribution in [-0.2, 0) is 0 Å². The van der Waals surface area contributed by atoms with Crippen LogP contribution in [0.3, 0.4) is 0 Å². The van der Waals surface area contributed by atoms with Gasteiger partial charge in [-0.05, 0) is 121 Å². The van der Waals surface area contributed by atoms with Crippen LogP contribution >= 0.6 is 0 Å². The van der Waals surface area contributed by atoms with Crippen molar-refractivity contribution in [3.05, 3.63) is 206 Å². The number of hydrogen-bond acceptors (Lipinski definition) is 0. The zero-order valence-corrected chi connectivity index (χ0v) is 27.6. The van der Waals surface area contributed by atoms with Crippen molar-refractivity contribution in [2.75, 3.05) is 0 Å². The van der Waals surface area contributed by atoms with Crippen molar-refractivity contribution < 1.29 is 35.6 Å². The molecule has 0 aromatic heterocycles. The Labute approximate surface area is 350 Å². The molecule has 0 nitrogen and oxygen atoms in total. The molecule has 0 heteroatoms. The van der Waals surface area contributed by atoms with Crippen molar-refractivity contribution in [1.82, 2.24) is 0 Å². The lowest BCUT2D eigenvalue weighted by molar-refractivity contribution is 1.66. The normalized spacial score (nSPS) is 18.4. The van der Waals surface area contributed by atoms with Gasteiger partial charge in [-0.2, -0.15) is 0 Å². The SMILES string of the molecule is [2H]c1c([2H])c([2H])c(-c2c3c([2H])c([2H])c([2H])c([2H])c3c(-c3ccc4ccc5ccc(-c6c7c([2H])c([2H])c([2H])c([2H])c7c(-c7c([2H])c([2H])c([2H])c([2H])c7[2H])c7c([2H])c([2H])c([2H])c([2H])c67)cc5c4c3)c3c([2H])c([2H])c([2H])c([2H])c23)c([2H])c1[2H]. The monoisotopic (exact) mass is 708 g/mol. The molecule has 0 N–H and O–H groups in total.